The van der Waals surface area contributed by atoms with Gasteiger partial charge in [-0.25, -0.2) is 0 Å². The van der Waals surface area contributed by atoms with Gasteiger partial charge in [-0.1, -0.05) is 18.2 Å². The highest BCUT2D eigenvalue weighted by Crippen LogP contribution is 2.23. The standard InChI is InChI=1S/C15H17N3O2S/c1-20-13-5-3-2-4-11(13)8-18-15(19)10-21-14-6-7-17-9-12(14)16/h2-7,9H,8,10,16H2,1H3,(H,18,19). The van der Waals surface area contributed by atoms with Crippen LogP contribution >= 0.6 is 11.8 Å². The zero-order valence-electron chi connectivity index (χ0n) is 11.7. The lowest BCUT2D eigenvalue weighted by Gasteiger charge is -2.09. The Morgan fingerprint density at radius 3 is 2.95 bits per heavy atom. The van der Waals surface area contributed by atoms with Crippen LogP contribution in [-0.2, 0) is 11.3 Å². The molecule has 0 aliphatic rings. The Morgan fingerprint density at radius 2 is 2.19 bits per heavy atom. The van der Waals surface area contributed by atoms with Crippen molar-refractivity contribution in [3.05, 3.63) is 48.3 Å². The third kappa shape index (κ3) is 4.39. The van der Waals surface area contributed by atoms with E-state index in [1.54, 1.807) is 25.6 Å². The van der Waals surface area contributed by atoms with Crippen LogP contribution in [-0.4, -0.2) is 23.8 Å². The van der Waals surface area contributed by atoms with Crippen molar-refractivity contribution in [3.63, 3.8) is 0 Å². The number of nitrogens with one attached hydrogen (secondary N) is 1. The van der Waals surface area contributed by atoms with E-state index in [2.05, 4.69) is 10.3 Å². The minimum absolute atomic E-state index is 0.0536. The minimum atomic E-state index is -0.0536. The smallest absolute Gasteiger partial charge is 0.230 e. The molecule has 0 fully saturated rings. The SMILES string of the molecule is COc1ccccc1CNC(=O)CSc1ccncc1N. The van der Waals surface area contributed by atoms with Crippen molar-refractivity contribution in [1.29, 1.82) is 0 Å². The van der Waals surface area contributed by atoms with Gasteiger partial charge in [-0.15, -0.1) is 11.8 Å². The first-order valence-electron chi connectivity index (χ1n) is 6.41. The number of hydrogen-bond acceptors (Lipinski definition) is 5. The van der Waals surface area contributed by atoms with Gasteiger partial charge in [0.25, 0.3) is 0 Å². The van der Waals surface area contributed by atoms with E-state index in [0.29, 0.717) is 18.0 Å². The van der Waals surface area contributed by atoms with Crippen LogP contribution in [0.3, 0.4) is 0 Å². The molecule has 0 spiro atoms. The number of nitrogens with two attached hydrogens (primary N) is 1. The summed E-state index contributed by atoms with van der Waals surface area (Å²) in [4.78, 5) is 16.6. The fourth-order valence-corrected chi connectivity index (χ4v) is 2.53. The molecule has 0 bridgehead atoms. The second kappa shape index (κ2) is 7.54. The Hall–Kier alpha value is -2.21. The molecular formula is C15H17N3O2S. The van der Waals surface area contributed by atoms with Gasteiger partial charge in [0.05, 0.1) is 24.7 Å². The minimum Gasteiger partial charge on any atom is -0.496 e. The number of anilines is 1. The van der Waals surface area contributed by atoms with Gasteiger partial charge in [0.1, 0.15) is 5.75 Å². The van der Waals surface area contributed by atoms with Gasteiger partial charge in [-0.05, 0) is 12.1 Å². The number of nitrogen functional groups attached to an aromatic ring is 1. The number of methoxy groups -OCH3 is 1. The number of hydrogen-bond donors (Lipinski definition) is 2. The summed E-state index contributed by atoms with van der Waals surface area (Å²) in [7, 11) is 1.61. The molecule has 21 heavy (non-hydrogen) atoms. The fraction of sp³-hybridized carbons (Fsp3) is 0.200. The van der Waals surface area contributed by atoms with E-state index in [1.807, 2.05) is 24.3 Å². The summed E-state index contributed by atoms with van der Waals surface area (Å²) in [6.45, 7) is 0.440. The monoisotopic (exact) mass is 303 g/mol. The molecule has 2 rings (SSSR count). The molecule has 5 nitrogen and oxygen atoms in total. The van der Waals surface area contributed by atoms with Crippen LogP contribution in [0.25, 0.3) is 0 Å². The molecule has 0 aliphatic heterocycles. The summed E-state index contributed by atoms with van der Waals surface area (Å²) in [6.07, 6.45) is 3.24. The average molecular weight is 303 g/mol. The number of rotatable bonds is 6. The maximum atomic E-state index is 11.9. The first-order chi connectivity index (χ1) is 10.2. The van der Waals surface area contributed by atoms with E-state index in [4.69, 9.17) is 10.5 Å². The highest BCUT2D eigenvalue weighted by molar-refractivity contribution is 8.00. The van der Waals surface area contributed by atoms with Gasteiger partial charge in [-0.3, -0.25) is 9.78 Å². The number of thioether (sulfide) groups is 1. The number of pyridine rings is 1. The van der Waals surface area contributed by atoms with E-state index in [1.165, 1.54) is 11.8 Å². The van der Waals surface area contributed by atoms with Crippen LogP contribution in [0, 0.1) is 0 Å². The van der Waals surface area contributed by atoms with E-state index in [0.717, 1.165) is 16.2 Å². The number of carbonyl (C=O) groups is 1. The lowest BCUT2D eigenvalue weighted by molar-refractivity contribution is -0.118. The quantitative estimate of drug-likeness (QED) is 0.799. The van der Waals surface area contributed by atoms with Crippen molar-refractivity contribution in [3.8, 4) is 5.75 Å². The van der Waals surface area contributed by atoms with Crippen LogP contribution in [0.4, 0.5) is 5.69 Å². The van der Waals surface area contributed by atoms with Crippen molar-refractivity contribution in [2.75, 3.05) is 18.6 Å². The Balaban J connectivity index is 1.84. The molecule has 0 aliphatic carbocycles. The average Bonchev–Trinajstić information content (AvgIpc) is 2.52. The summed E-state index contributed by atoms with van der Waals surface area (Å²) in [5.74, 6) is 1.02. The maximum Gasteiger partial charge on any atom is 0.230 e. The molecule has 0 radical (unpaired) electrons. The third-order valence-corrected chi connectivity index (χ3v) is 3.93. The third-order valence-electron chi connectivity index (χ3n) is 2.84. The predicted molar refractivity (Wildman–Crippen MR) is 84.2 cm³/mol. The van der Waals surface area contributed by atoms with Crippen molar-refractivity contribution in [2.24, 2.45) is 0 Å². The summed E-state index contributed by atoms with van der Waals surface area (Å²) < 4.78 is 5.24. The summed E-state index contributed by atoms with van der Waals surface area (Å²) in [6, 6.07) is 9.40. The molecule has 1 aromatic heterocycles. The molecular weight excluding hydrogens is 286 g/mol. The van der Waals surface area contributed by atoms with Crippen LogP contribution in [0.5, 0.6) is 5.75 Å². The molecule has 2 aromatic rings. The van der Waals surface area contributed by atoms with Crippen molar-refractivity contribution >= 4 is 23.4 Å². The second-order valence-electron chi connectivity index (χ2n) is 4.29. The Kier molecular flexibility index (Phi) is 5.45. The van der Waals surface area contributed by atoms with E-state index in [-0.39, 0.29) is 5.91 Å². The van der Waals surface area contributed by atoms with Gasteiger partial charge in [-0.2, -0.15) is 0 Å². The molecule has 1 amide bonds. The van der Waals surface area contributed by atoms with Crippen molar-refractivity contribution in [1.82, 2.24) is 10.3 Å². The number of nitrogens with zero attached hydrogens (tertiary/aromatic N) is 1. The number of benzene rings is 1. The molecule has 6 heteroatoms. The molecule has 3 N–H and O–H groups in total. The fourth-order valence-electron chi connectivity index (χ4n) is 1.76. The molecule has 0 saturated heterocycles. The second-order valence-corrected chi connectivity index (χ2v) is 5.31. The maximum absolute atomic E-state index is 11.9. The highest BCUT2D eigenvalue weighted by Gasteiger charge is 2.07. The number of para-hydroxylation sites is 1. The molecule has 0 atom stereocenters. The number of carbonyl (C=O) groups excluding carboxylic acids is 1. The lowest BCUT2D eigenvalue weighted by Crippen LogP contribution is -2.24. The van der Waals surface area contributed by atoms with E-state index < -0.39 is 0 Å². The van der Waals surface area contributed by atoms with Crippen molar-refractivity contribution in [2.45, 2.75) is 11.4 Å². The number of aromatic nitrogens is 1. The molecule has 110 valence electrons. The van der Waals surface area contributed by atoms with E-state index in [9.17, 15) is 4.79 Å². The van der Waals surface area contributed by atoms with Crippen LogP contribution in [0.1, 0.15) is 5.56 Å². The largest absolute Gasteiger partial charge is 0.496 e. The van der Waals surface area contributed by atoms with Gasteiger partial charge < -0.3 is 15.8 Å². The van der Waals surface area contributed by atoms with Gasteiger partial charge >= 0.3 is 0 Å². The molecule has 1 heterocycles. The predicted octanol–water partition coefficient (Wildman–Crippen LogP) is 2.08. The highest BCUT2D eigenvalue weighted by atomic mass is 32.2. The van der Waals surface area contributed by atoms with Crippen LogP contribution in [0.15, 0.2) is 47.6 Å². The zero-order valence-corrected chi connectivity index (χ0v) is 12.5. The van der Waals surface area contributed by atoms with Crippen LogP contribution < -0.4 is 15.8 Å². The Bertz CT molecular complexity index is 619. The van der Waals surface area contributed by atoms with Gasteiger partial charge in [0, 0.05) is 23.2 Å². The van der Waals surface area contributed by atoms with Crippen molar-refractivity contribution < 1.29 is 9.53 Å². The molecule has 1 aromatic carbocycles. The first-order valence-corrected chi connectivity index (χ1v) is 7.40. The zero-order chi connectivity index (χ0) is 15.1. The lowest BCUT2D eigenvalue weighted by atomic mass is 10.2. The normalized spacial score (nSPS) is 10.1. The Morgan fingerprint density at radius 1 is 1.38 bits per heavy atom. The van der Waals surface area contributed by atoms with Gasteiger partial charge in [0.2, 0.25) is 5.91 Å². The number of ether oxygens (including phenoxy) is 1. The summed E-state index contributed by atoms with van der Waals surface area (Å²) in [5.41, 5.74) is 7.31. The summed E-state index contributed by atoms with van der Waals surface area (Å²) in [5, 5.41) is 2.87. The van der Waals surface area contributed by atoms with Gasteiger partial charge in [0.15, 0.2) is 0 Å². The Labute approximate surface area is 127 Å². The first kappa shape index (κ1) is 15.2. The van der Waals surface area contributed by atoms with Crippen LogP contribution in [0.2, 0.25) is 0 Å². The topological polar surface area (TPSA) is 77.2 Å². The number of amides is 1. The summed E-state index contributed by atoms with van der Waals surface area (Å²) >= 11 is 1.39. The van der Waals surface area contributed by atoms with E-state index >= 15 is 0 Å². The molecule has 0 unspecified atom stereocenters. The molecule has 0 saturated carbocycles.